The van der Waals surface area contributed by atoms with Crippen LogP contribution in [0.1, 0.15) is 50.5 Å². The standard InChI is InChI=1S/C33H39F3N8O3/c1-46-23-11-8-20(27(15-23)47-2)17-38-32-40-25(19-9-12-24-26(14-19)42-43-30(24)37)16-29(41-32)44-18-21(10-13-28(44)33(34,35)36)31(45)39-22-6-4-3-5-7-22/h8-9,11-12,14-16,21-22,28H,3-7,10,13,17-18H2,1-2H3,(H,39,45)(H3,37,42,43)(H,38,40,41)/t21-,28-/m1/s1. The Morgan fingerprint density at radius 3 is 2.57 bits per heavy atom. The Labute approximate surface area is 270 Å². The van der Waals surface area contributed by atoms with Gasteiger partial charge in [-0.15, -0.1) is 0 Å². The molecule has 2 aromatic carbocycles. The first-order valence-corrected chi connectivity index (χ1v) is 15.8. The Kier molecular flexibility index (Phi) is 9.28. The molecule has 14 heteroatoms. The zero-order valence-electron chi connectivity index (χ0n) is 26.4. The predicted molar refractivity (Wildman–Crippen MR) is 173 cm³/mol. The van der Waals surface area contributed by atoms with Crippen molar-refractivity contribution in [2.45, 2.75) is 69.8 Å². The van der Waals surface area contributed by atoms with Gasteiger partial charge >= 0.3 is 6.18 Å². The Morgan fingerprint density at radius 1 is 1.02 bits per heavy atom. The van der Waals surface area contributed by atoms with Gasteiger partial charge in [-0.1, -0.05) is 25.3 Å². The number of carbonyl (C=O) groups is 1. The molecule has 3 heterocycles. The van der Waals surface area contributed by atoms with Crippen molar-refractivity contribution in [3.63, 3.8) is 0 Å². The Morgan fingerprint density at radius 2 is 1.83 bits per heavy atom. The molecule has 1 aliphatic carbocycles. The number of amides is 1. The quantitative estimate of drug-likeness (QED) is 0.176. The van der Waals surface area contributed by atoms with Crippen molar-refractivity contribution in [3.05, 3.63) is 48.0 Å². The lowest BCUT2D eigenvalue weighted by atomic mass is 9.90. The molecule has 6 rings (SSSR count). The molecule has 1 aliphatic heterocycles. The fourth-order valence-electron chi connectivity index (χ4n) is 6.53. The van der Waals surface area contributed by atoms with E-state index >= 15 is 0 Å². The maximum absolute atomic E-state index is 14.5. The number of hydrogen-bond donors (Lipinski definition) is 4. The summed E-state index contributed by atoms with van der Waals surface area (Å²) in [6.07, 6.45) is 0.370. The molecule has 0 spiro atoms. The summed E-state index contributed by atoms with van der Waals surface area (Å²) < 4.78 is 54.4. The van der Waals surface area contributed by atoms with Crippen LogP contribution >= 0.6 is 0 Å². The number of benzene rings is 2. The van der Waals surface area contributed by atoms with E-state index in [2.05, 4.69) is 25.8 Å². The summed E-state index contributed by atoms with van der Waals surface area (Å²) in [5.41, 5.74) is 8.40. The summed E-state index contributed by atoms with van der Waals surface area (Å²) in [5.74, 6) is 0.893. The molecule has 2 aliphatic rings. The van der Waals surface area contributed by atoms with Gasteiger partial charge in [0.05, 0.1) is 31.3 Å². The lowest BCUT2D eigenvalue weighted by molar-refractivity contribution is -0.156. The second kappa shape index (κ2) is 13.5. The summed E-state index contributed by atoms with van der Waals surface area (Å²) >= 11 is 0. The highest BCUT2D eigenvalue weighted by Gasteiger charge is 2.48. The smallest absolute Gasteiger partial charge is 0.408 e. The van der Waals surface area contributed by atoms with E-state index in [1.807, 2.05) is 6.07 Å². The van der Waals surface area contributed by atoms with E-state index in [9.17, 15) is 18.0 Å². The number of hydrogen-bond acceptors (Lipinski definition) is 9. The number of nitrogen functional groups attached to an aromatic ring is 1. The van der Waals surface area contributed by atoms with E-state index < -0.39 is 18.1 Å². The van der Waals surface area contributed by atoms with E-state index in [1.54, 1.807) is 50.6 Å². The summed E-state index contributed by atoms with van der Waals surface area (Å²) in [4.78, 5) is 23.8. The number of anilines is 3. The van der Waals surface area contributed by atoms with Crippen LogP contribution in [-0.4, -0.2) is 65.1 Å². The van der Waals surface area contributed by atoms with Crippen LogP contribution in [0.2, 0.25) is 0 Å². The summed E-state index contributed by atoms with van der Waals surface area (Å²) in [6, 6.07) is 10.5. The largest absolute Gasteiger partial charge is 0.497 e. The minimum atomic E-state index is -4.54. The van der Waals surface area contributed by atoms with Crippen LogP contribution in [0.5, 0.6) is 11.5 Å². The van der Waals surface area contributed by atoms with Gasteiger partial charge in [-0.3, -0.25) is 9.89 Å². The van der Waals surface area contributed by atoms with Gasteiger partial charge in [-0.2, -0.15) is 23.3 Å². The van der Waals surface area contributed by atoms with Crippen molar-refractivity contribution < 1.29 is 27.4 Å². The molecule has 2 fully saturated rings. The molecule has 250 valence electrons. The number of aromatic nitrogens is 4. The summed E-state index contributed by atoms with van der Waals surface area (Å²) in [7, 11) is 3.10. The predicted octanol–water partition coefficient (Wildman–Crippen LogP) is 5.83. The fourth-order valence-corrected chi connectivity index (χ4v) is 6.53. The lowest BCUT2D eigenvalue weighted by Crippen LogP contribution is -2.55. The number of ether oxygens (including phenoxy) is 2. The SMILES string of the molecule is COc1ccc(CNc2nc(-c3ccc4c(N)n[nH]c4c3)cc(N3C[C@H](C(=O)NC4CCCCC4)CC[C@@H]3C(F)(F)F)n2)c(OC)c1. The van der Waals surface area contributed by atoms with Crippen molar-refractivity contribution in [1.82, 2.24) is 25.5 Å². The first kappa shape index (κ1) is 32.2. The van der Waals surface area contributed by atoms with Crippen LogP contribution in [0.3, 0.4) is 0 Å². The normalized spacial score (nSPS) is 19.0. The second-order valence-electron chi connectivity index (χ2n) is 12.2. The van der Waals surface area contributed by atoms with Crippen LogP contribution in [0.25, 0.3) is 22.2 Å². The monoisotopic (exact) mass is 652 g/mol. The number of nitrogens with one attached hydrogen (secondary N) is 3. The number of halogens is 3. The molecule has 2 aromatic heterocycles. The third kappa shape index (κ3) is 7.15. The van der Waals surface area contributed by atoms with E-state index in [-0.39, 0.29) is 49.6 Å². The van der Waals surface area contributed by atoms with Gasteiger partial charge in [-0.05, 0) is 49.9 Å². The maximum atomic E-state index is 14.5. The van der Waals surface area contributed by atoms with Crippen molar-refractivity contribution in [2.24, 2.45) is 5.92 Å². The number of methoxy groups -OCH3 is 2. The number of aromatic amines is 1. The van der Waals surface area contributed by atoms with Crippen LogP contribution in [0.15, 0.2) is 42.5 Å². The molecule has 11 nitrogen and oxygen atoms in total. The van der Waals surface area contributed by atoms with Gasteiger partial charge in [0.25, 0.3) is 0 Å². The molecule has 1 saturated carbocycles. The highest BCUT2D eigenvalue weighted by molar-refractivity contribution is 5.91. The van der Waals surface area contributed by atoms with Crippen LogP contribution < -0.4 is 30.7 Å². The minimum absolute atomic E-state index is 0.0628. The highest BCUT2D eigenvalue weighted by Crippen LogP contribution is 2.38. The molecule has 4 aromatic rings. The number of carbonyl (C=O) groups excluding carboxylic acids is 1. The number of H-pyrrole nitrogens is 1. The van der Waals surface area contributed by atoms with E-state index in [4.69, 9.17) is 20.2 Å². The van der Waals surface area contributed by atoms with Crippen LogP contribution in [-0.2, 0) is 11.3 Å². The Balaban J connectivity index is 1.36. The van der Waals surface area contributed by atoms with Gasteiger partial charge in [-0.25, -0.2) is 4.98 Å². The van der Waals surface area contributed by atoms with Gasteiger partial charge < -0.3 is 30.7 Å². The third-order valence-corrected chi connectivity index (χ3v) is 9.11. The number of piperidine rings is 1. The topological polar surface area (TPSA) is 143 Å². The fraction of sp³-hybridized carbons (Fsp3) is 0.455. The second-order valence-corrected chi connectivity index (χ2v) is 12.2. The van der Waals surface area contributed by atoms with Crippen LogP contribution in [0, 0.1) is 5.92 Å². The number of nitrogens with zero attached hydrogens (tertiary/aromatic N) is 4. The summed E-state index contributed by atoms with van der Waals surface area (Å²) in [5, 5.41) is 13.9. The van der Waals surface area contributed by atoms with Gasteiger partial charge in [0, 0.05) is 47.8 Å². The average Bonchev–Trinajstić information content (AvgIpc) is 3.46. The first-order valence-electron chi connectivity index (χ1n) is 15.8. The molecule has 0 bridgehead atoms. The van der Waals surface area contributed by atoms with Crippen molar-refractivity contribution in [2.75, 3.05) is 36.7 Å². The zero-order chi connectivity index (χ0) is 33.1. The van der Waals surface area contributed by atoms with Gasteiger partial charge in [0.15, 0.2) is 5.82 Å². The van der Waals surface area contributed by atoms with Crippen LogP contribution in [0.4, 0.5) is 30.8 Å². The van der Waals surface area contributed by atoms with E-state index in [0.29, 0.717) is 39.5 Å². The molecule has 0 radical (unpaired) electrons. The van der Waals surface area contributed by atoms with Gasteiger partial charge in [0.1, 0.15) is 23.4 Å². The zero-order valence-corrected chi connectivity index (χ0v) is 26.4. The average molecular weight is 653 g/mol. The first-order chi connectivity index (χ1) is 22.6. The molecule has 5 N–H and O–H groups in total. The third-order valence-electron chi connectivity index (χ3n) is 9.11. The molecular weight excluding hydrogens is 613 g/mol. The molecule has 47 heavy (non-hydrogen) atoms. The number of rotatable bonds is 9. The molecule has 2 atom stereocenters. The van der Waals surface area contributed by atoms with E-state index in [0.717, 1.165) is 37.7 Å². The minimum Gasteiger partial charge on any atom is -0.497 e. The Hall–Kier alpha value is -4.75. The maximum Gasteiger partial charge on any atom is 0.408 e. The molecule has 1 saturated heterocycles. The molecule has 0 unspecified atom stereocenters. The van der Waals surface area contributed by atoms with E-state index in [1.165, 1.54) is 4.90 Å². The number of alkyl halides is 3. The van der Waals surface area contributed by atoms with Crippen molar-refractivity contribution in [1.29, 1.82) is 0 Å². The van der Waals surface area contributed by atoms with Crippen molar-refractivity contribution in [3.8, 4) is 22.8 Å². The molecule has 1 amide bonds. The number of nitrogens with two attached hydrogens (primary N) is 1. The Bertz CT molecular complexity index is 1720. The number of fused-ring (bicyclic) bond motifs is 1. The highest BCUT2D eigenvalue weighted by atomic mass is 19.4. The summed E-state index contributed by atoms with van der Waals surface area (Å²) in [6.45, 7) is 0.0995. The van der Waals surface area contributed by atoms with Crippen molar-refractivity contribution >= 4 is 34.4 Å². The molecular formula is C33H39F3N8O3. The van der Waals surface area contributed by atoms with Gasteiger partial charge in [0.2, 0.25) is 11.9 Å². The lowest BCUT2D eigenvalue weighted by Gasteiger charge is -2.41.